The molecule has 4 aliphatic rings. The van der Waals surface area contributed by atoms with Gasteiger partial charge in [0.1, 0.15) is 29.2 Å². The third-order valence-corrected chi connectivity index (χ3v) is 8.08. The van der Waals surface area contributed by atoms with E-state index in [0.717, 1.165) is 25.7 Å². The highest BCUT2D eigenvalue weighted by Crippen LogP contribution is 2.59. The van der Waals surface area contributed by atoms with Crippen LogP contribution in [-0.4, -0.2) is 72.5 Å². The molecule has 188 valence electrons. The lowest BCUT2D eigenvalue weighted by molar-refractivity contribution is -0.124. The number of allylic oxidation sites excluding steroid dienone is 1. The number of likely N-dealkylation sites (tertiary alicyclic amines) is 1. The number of H-pyrrole nitrogens is 1. The first-order valence-electron chi connectivity index (χ1n) is 12.3. The van der Waals surface area contributed by atoms with Crippen molar-refractivity contribution in [3.8, 4) is 0 Å². The second-order valence-electron chi connectivity index (χ2n) is 10.8. The van der Waals surface area contributed by atoms with Crippen LogP contribution in [0, 0.1) is 11.8 Å². The Bertz CT molecular complexity index is 985. The Morgan fingerprint density at radius 2 is 2.12 bits per heavy atom. The molecule has 3 saturated heterocycles. The molecule has 0 unspecified atom stereocenters. The Morgan fingerprint density at radius 3 is 2.74 bits per heavy atom. The van der Waals surface area contributed by atoms with Crippen LogP contribution in [0.3, 0.4) is 0 Å². The van der Waals surface area contributed by atoms with Gasteiger partial charge in [-0.2, -0.15) is 5.16 Å². The van der Waals surface area contributed by atoms with Crippen LogP contribution in [0.5, 0.6) is 0 Å². The van der Waals surface area contributed by atoms with E-state index in [1.54, 1.807) is 12.0 Å². The van der Waals surface area contributed by atoms with Gasteiger partial charge in [-0.3, -0.25) is 4.79 Å². The van der Waals surface area contributed by atoms with Gasteiger partial charge in [0.2, 0.25) is 0 Å². The number of amides is 1. The molecule has 1 aromatic heterocycles. The molecule has 9 heteroatoms. The highest BCUT2D eigenvalue weighted by atomic mass is 16.6. The van der Waals surface area contributed by atoms with Crippen molar-refractivity contribution >= 4 is 6.09 Å². The van der Waals surface area contributed by atoms with Gasteiger partial charge in [0, 0.05) is 32.7 Å². The number of rotatable bonds is 8. The van der Waals surface area contributed by atoms with E-state index in [1.807, 2.05) is 0 Å². The third-order valence-electron chi connectivity index (χ3n) is 8.08. The van der Waals surface area contributed by atoms with Crippen LogP contribution in [0.25, 0.3) is 0 Å². The largest absolute Gasteiger partial charge is 0.443 e. The summed E-state index contributed by atoms with van der Waals surface area (Å²) in [5, 5.41) is 2.31. The Kier molecular flexibility index (Phi) is 6.14. The quantitative estimate of drug-likeness (QED) is 0.454. The van der Waals surface area contributed by atoms with E-state index in [9.17, 15) is 9.59 Å². The number of nitrogens with one attached hydrogen (secondary N) is 1. The fourth-order valence-corrected chi connectivity index (χ4v) is 5.97. The summed E-state index contributed by atoms with van der Waals surface area (Å²) in [6.45, 7) is 8.35. The number of ether oxygens (including phenoxy) is 4. The zero-order valence-electron chi connectivity index (χ0n) is 20.5. The fraction of sp³-hybridized carbons (Fsp3) is 0.760. The van der Waals surface area contributed by atoms with Crippen molar-refractivity contribution in [1.29, 1.82) is 0 Å². The minimum atomic E-state index is -0.344. The molecule has 9 nitrogen and oxygen atoms in total. The Morgan fingerprint density at radius 1 is 1.35 bits per heavy atom. The standard InChI is InChI=1S/C25H36N2O7/c1-15(2)5-8-19-24(3,33-19)22-21(30-4)18(9-10-25(22)14-31-25)32-23(29)27-12-16(13-27)6-7-17-11-20(28)26-34-17/h5,11,16,18-19,21-22H,6-10,12-14H2,1-4H3,(H,26,28)/t18-,19-,21-,22-,24+,25+/m1/s1. The van der Waals surface area contributed by atoms with Crippen LogP contribution in [0.1, 0.15) is 52.2 Å². The molecule has 1 spiro atoms. The highest BCUT2D eigenvalue weighted by Gasteiger charge is 2.72. The zero-order valence-corrected chi connectivity index (χ0v) is 20.5. The predicted molar refractivity (Wildman–Crippen MR) is 123 cm³/mol. The lowest BCUT2D eigenvalue weighted by Crippen LogP contribution is -2.57. The van der Waals surface area contributed by atoms with Gasteiger partial charge in [-0.1, -0.05) is 11.6 Å². The summed E-state index contributed by atoms with van der Waals surface area (Å²) in [5.41, 5.74) is 0.482. The molecule has 1 N–H and O–H groups in total. The summed E-state index contributed by atoms with van der Waals surface area (Å²) >= 11 is 0. The number of aromatic nitrogens is 1. The highest BCUT2D eigenvalue weighted by molar-refractivity contribution is 5.69. The van der Waals surface area contributed by atoms with Gasteiger partial charge in [-0.25, -0.2) is 4.79 Å². The van der Waals surface area contributed by atoms with Gasteiger partial charge in [0.05, 0.1) is 18.6 Å². The molecule has 5 rings (SSSR count). The summed E-state index contributed by atoms with van der Waals surface area (Å²) in [6.07, 6.45) is 5.43. The average molecular weight is 477 g/mol. The van der Waals surface area contributed by atoms with E-state index in [1.165, 1.54) is 11.6 Å². The molecular formula is C25H36N2O7. The topological polar surface area (TPSA) is 110 Å². The van der Waals surface area contributed by atoms with Crippen LogP contribution in [-0.2, 0) is 25.4 Å². The number of nitrogens with zero attached hydrogens (tertiary/aromatic N) is 1. The van der Waals surface area contributed by atoms with E-state index in [0.29, 0.717) is 37.8 Å². The molecule has 34 heavy (non-hydrogen) atoms. The van der Waals surface area contributed by atoms with Crippen LogP contribution < -0.4 is 5.56 Å². The summed E-state index contributed by atoms with van der Waals surface area (Å²) < 4.78 is 29.3. The van der Waals surface area contributed by atoms with Crippen molar-refractivity contribution in [3.63, 3.8) is 0 Å². The SMILES string of the molecule is CO[C@@H]1[C@H](OC(=O)N2CC(CCc3cc(=O)[nH]o3)C2)CC[C@]2(CO2)[C@H]1[C@@]1(C)O[C@@H]1CC=C(C)C. The molecule has 3 aliphatic heterocycles. The molecule has 4 fully saturated rings. The number of aryl methyl sites for hydroxylation is 1. The smallest absolute Gasteiger partial charge is 0.410 e. The van der Waals surface area contributed by atoms with Crippen LogP contribution in [0.2, 0.25) is 0 Å². The van der Waals surface area contributed by atoms with Gasteiger partial charge in [0.15, 0.2) is 0 Å². The monoisotopic (exact) mass is 476 g/mol. The molecule has 1 saturated carbocycles. The van der Waals surface area contributed by atoms with Gasteiger partial charge < -0.3 is 28.4 Å². The van der Waals surface area contributed by atoms with Crippen molar-refractivity contribution in [2.45, 2.75) is 82.4 Å². The van der Waals surface area contributed by atoms with E-state index in [4.69, 9.17) is 23.5 Å². The minimum Gasteiger partial charge on any atom is -0.443 e. The van der Waals surface area contributed by atoms with Crippen LogP contribution >= 0.6 is 0 Å². The van der Waals surface area contributed by atoms with Crippen LogP contribution in [0.4, 0.5) is 4.79 Å². The Labute approximate surface area is 199 Å². The third kappa shape index (κ3) is 4.45. The molecule has 1 aliphatic carbocycles. The molecule has 1 aromatic rings. The minimum absolute atomic E-state index is 0.0206. The van der Waals surface area contributed by atoms with Crippen molar-refractivity contribution < 1.29 is 28.3 Å². The summed E-state index contributed by atoms with van der Waals surface area (Å²) in [6, 6.07) is 1.47. The second kappa shape index (κ2) is 8.84. The lowest BCUT2D eigenvalue weighted by atomic mass is 9.68. The maximum absolute atomic E-state index is 12.9. The van der Waals surface area contributed by atoms with Gasteiger partial charge in [-0.05, 0) is 52.4 Å². The van der Waals surface area contributed by atoms with Crippen molar-refractivity contribution in [3.05, 3.63) is 33.8 Å². The van der Waals surface area contributed by atoms with Crippen molar-refractivity contribution in [2.75, 3.05) is 26.8 Å². The van der Waals surface area contributed by atoms with E-state index >= 15 is 0 Å². The number of carbonyl (C=O) groups excluding carboxylic acids is 1. The van der Waals surface area contributed by atoms with Gasteiger partial charge in [0.25, 0.3) is 5.56 Å². The van der Waals surface area contributed by atoms with Crippen molar-refractivity contribution in [1.82, 2.24) is 10.1 Å². The average Bonchev–Trinajstić information content (AvgIpc) is 3.63. The number of methoxy groups -OCH3 is 1. The van der Waals surface area contributed by atoms with E-state index < -0.39 is 0 Å². The fourth-order valence-electron chi connectivity index (χ4n) is 5.97. The summed E-state index contributed by atoms with van der Waals surface area (Å²) in [4.78, 5) is 25.8. The number of hydrogen-bond donors (Lipinski definition) is 1. The van der Waals surface area contributed by atoms with E-state index in [2.05, 4.69) is 32.0 Å². The Balaban J connectivity index is 1.16. The number of hydrogen-bond acceptors (Lipinski definition) is 7. The number of epoxide rings is 2. The molecule has 6 atom stereocenters. The zero-order chi connectivity index (χ0) is 24.1. The summed E-state index contributed by atoms with van der Waals surface area (Å²) in [5.74, 6) is 1.05. The first kappa shape index (κ1) is 23.6. The summed E-state index contributed by atoms with van der Waals surface area (Å²) in [7, 11) is 1.69. The Hall–Kier alpha value is -2.10. The van der Waals surface area contributed by atoms with Gasteiger partial charge in [-0.15, -0.1) is 0 Å². The first-order chi connectivity index (χ1) is 16.2. The molecule has 1 amide bonds. The van der Waals surface area contributed by atoms with Crippen LogP contribution in [0.15, 0.2) is 27.0 Å². The van der Waals surface area contributed by atoms with E-state index in [-0.39, 0.29) is 47.1 Å². The molecular weight excluding hydrogens is 440 g/mol. The maximum Gasteiger partial charge on any atom is 0.410 e. The number of aromatic amines is 1. The molecule has 0 bridgehead atoms. The predicted octanol–water partition coefficient (Wildman–Crippen LogP) is 3.05. The molecule has 0 aromatic carbocycles. The van der Waals surface area contributed by atoms with Gasteiger partial charge >= 0.3 is 6.09 Å². The molecule has 0 radical (unpaired) electrons. The van der Waals surface area contributed by atoms with Crippen molar-refractivity contribution in [2.24, 2.45) is 11.8 Å². The lowest BCUT2D eigenvalue weighted by Gasteiger charge is -2.44. The maximum atomic E-state index is 12.9. The number of carbonyl (C=O) groups is 1. The first-order valence-corrected chi connectivity index (χ1v) is 12.3. The normalized spacial score (nSPS) is 36.8. The molecule has 4 heterocycles. The second-order valence-corrected chi connectivity index (χ2v) is 10.8.